The molecule has 0 aliphatic rings. The smallest absolute Gasteiger partial charge is 0.256 e. The Hall–Kier alpha value is -1.90. The lowest BCUT2D eigenvalue weighted by Gasteiger charge is -1.99. The van der Waals surface area contributed by atoms with Crippen LogP contribution in [0.3, 0.4) is 0 Å². The lowest BCUT2D eigenvalue weighted by Crippen LogP contribution is -2.08. The number of aromatic amines is 1. The minimum atomic E-state index is -0.441. The standard InChI is InChI=1S/C11H8FNO/c12-9-6-10(11(14)13-7-9)8-4-2-1-3-5-8/h1-7H,(H,13,14). The molecular weight excluding hydrogens is 181 g/mol. The topological polar surface area (TPSA) is 32.9 Å². The maximum absolute atomic E-state index is 12.9. The number of pyridine rings is 1. The maximum Gasteiger partial charge on any atom is 0.256 e. The van der Waals surface area contributed by atoms with Gasteiger partial charge in [0.2, 0.25) is 0 Å². The number of benzene rings is 1. The summed E-state index contributed by atoms with van der Waals surface area (Å²) in [5.41, 5.74) is 0.788. The molecule has 2 aromatic rings. The second-order valence-electron chi connectivity index (χ2n) is 2.93. The summed E-state index contributed by atoms with van der Waals surface area (Å²) in [5.74, 6) is -0.441. The molecule has 70 valence electrons. The van der Waals surface area contributed by atoms with Crippen molar-refractivity contribution in [3.05, 3.63) is 58.8 Å². The van der Waals surface area contributed by atoms with Crippen LogP contribution in [0, 0.1) is 5.82 Å². The molecule has 0 atom stereocenters. The number of H-pyrrole nitrogens is 1. The Labute approximate surface area is 80.0 Å². The van der Waals surface area contributed by atoms with E-state index in [0.717, 1.165) is 6.20 Å². The van der Waals surface area contributed by atoms with Gasteiger partial charge in [-0.15, -0.1) is 0 Å². The largest absolute Gasteiger partial charge is 0.326 e. The monoisotopic (exact) mass is 189 g/mol. The molecule has 1 heterocycles. The Bertz CT molecular complexity index is 490. The number of hydrogen-bond acceptors (Lipinski definition) is 1. The molecule has 1 aromatic carbocycles. The zero-order chi connectivity index (χ0) is 9.97. The molecule has 0 aliphatic heterocycles. The highest BCUT2D eigenvalue weighted by molar-refractivity contribution is 5.61. The Morgan fingerprint density at radius 1 is 1.14 bits per heavy atom. The van der Waals surface area contributed by atoms with Gasteiger partial charge in [-0.25, -0.2) is 4.39 Å². The SMILES string of the molecule is O=c1[nH]cc(F)cc1-c1ccccc1. The molecule has 0 bridgehead atoms. The third-order valence-corrected chi connectivity index (χ3v) is 1.95. The molecule has 14 heavy (non-hydrogen) atoms. The fourth-order valence-electron chi connectivity index (χ4n) is 1.29. The molecule has 0 amide bonds. The third kappa shape index (κ3) is 1.57. The predicted octanol–water partition coefficient (Wildman–Crippen LogP) is 2.18. The van der Waals surface area contributed by atoms with Crippen LogP contribution in [0.5, 0.6) is 0 Å². The van der Waals surface area contributed by atoms with E-state index in [2.05, 4.69) is 4.98 Å². The van der Waals surface area contributed by atoms with E-state index in [0.29, 0.717) is 11.1 Å². The number of aromatic nitrogens is 1. The molecule has 2 nitrogen and oxygen atoms in total. The van der Waals surface area contributed by atoms with Gasteiger partial charge in [0.25, 0.3) is 5.56 Å². The molecule has 3 heteroatoms. The fraction of sp³-hybridized carbons (Fsp3) is 0. The highest BCUT2D eigenvalue weighted by atomic mass is 19.1. The van der Waals surface area contributed by atoms with Gasteiger partial charge in [-0.05, 0) is 11.6 Å². The number of rotatable bonds is 1. The maximum atomic E-state index is 12.9. The number of nitrogens with one attached hydrogen (secondary N) is 1. The van der Waals surface area contributed by atoms with Crippen molar-refractivity contribution >= 4 is 0 Å². The first-order chi connectivity index (χ1) is 6.77. The van der Waals surface area contributed by atoms with Crippen molar-refractivity contribution in [2.75, 3.05) is 0 Å². The van der Waals surface area contributed by atoms with Gasteiger partial charge in [0.15, 0.2) is 0 Å². The van der Waals surface area contributed by atoms with E-state index in [9.17, 15) is 9.18 Å². The molecule has 0 aliphatic carbocycles. The van der Waals surface area contributed by atoms with Gasteiger partial charge < -0.3 is 4.98 Å². The Morgan fingerprint density at radius 2 is 1.86 bits per heavy atom. The van der Waals surface area contributed by atoms with Crippen molar-refractivity contribution in [3.8, 4) is 11.1 Å². The second-order valence-corrected chi connectivity index (χ2v) is 2.93. The summed E-state index contributed by atoms with van der Waals surface area (Å²) < 4.78 is 12.9. The van der Waals surface area contributed by atoms with E-state index in [-0.39, 0.29) is 5.56 Å². The van der Waals surface area contributed by atoms with Gasteiger partial charge in [0.05, 0.1) is 0 Å². The van der Waals surface area contributed by atoms with Gasteiger partial charge in [0, 0.05) is 11.8 Å². The van der Waals surface area contributed by atoms with E-state index in [4.69, 9.17) is 0 Å². The zero-order valence-corrected chi connectivity index (χ0v) is 7.33. The van der Waals surface area contributed by atoms with E-state index in [1.807, 2.05) is 6.07 Å². The molecule has 2 rings (SSSR count). The van der Waals surface area contributed by atoms with Crippen LogP contribution in [0.1, 0.15) is 0 Å². The van der Waals surface area contributed by atoms with Gasteiger partial charge in [-0.1, -0.05) is 30.3 Å². The molecular formula is C11H8FNO. The summed E-state index contributed by atoms with van der Waals surface area (Å²) >= 11 is 0. The molecule has 1 N–H and O–H groups in total. The quantitative estimate of drug-likeness (QED) is 0.732. The first-order valence-corrected chi connectivity index (χ1v) is 4.21. The summed E-state index contributed by atoms with van der Waals surface area (Å²) in [4.78, 5) is 13.7. The first-order valence-electron chi connectivity index (χ1n) is 4.21. The first kappa shape index (κ1) is 8.69. The van der Waals surface area contributed by atoms with Crippen LogP contribution in [0.2, 0.25) is 0 Å². The summed E-state index contributed by atoms with van der Waals surface area (Å²) in [7, 11) is 0. The van der Waals surface area contributed by atoms with Crippen molar-refractivity contribution in [2.24, 2.45) is 0 Å². The van der Waals surface area contributed by atoms with Crippen LogP contribution < -0.4 is 5.56 Å². The lowest BCUT2D eigenvalue weighted by atomic mass is 10.1. The lowest BCUT2D eigenvalue weighted by molar-refractivity contribution is 0.621. The number of halogens is 1. The summed E-state index contributed by atoms with van der Waals surface area (Å²) in [6, 6.07) is 10.2. The molecule has 1 aromatic heterocycles. The van der Waals surface area contributed by atoms with Gasteiger partial charge in [0.1, 0.15) is 5.82 Å². The van der Waals surface area contributed by atoms with E-state index in [1.54, 1.807) is 24.3 Å². The van der Waals surface area contributed by atoms with Crippen molar-refractivity contribution < 1.29 is 4.39 Å². The third-order valence-electron chi connectivity index (χ3n) is 1.95. The van der Waals surface area contributed by atoms with Crippen LogP contribution >= 0.6 is 0 Å². The van der Waals surface area contributed by atoms with Crippen molar-refractivity contribution in [1.29, 1.82) is 0 Å². The van der Waals surface area contributed by atoms with E-state index < -0.39 is 5.82 Å². The van der Waals surface area contributed by atoms with E-state index in [1.165, 1.54) is 6.07 Å². The minimum Gasteiger partial charge on any atom is -0.326 e. The van der Waals surface area contributed by atoms with Crippen molar-refractivity contribution in [1.82, 2.24) is 4.98 Å². The Kier molecular flexibility index (Phi) is 2.14. The zero-order valence-electron chi connectivity index (χ0n) is 7.33. The minimum absolute atomic E-state index is 0.280. The molecule has 0 fully saturated rings. The number of hydrogen-bond donors (Lipinski definition) is 1. The summed E-state index contributed by atoms with van der Waals surface area (Å²) in [6.07, 6.45) is 1.05. The highest BCUT2D eigenvalue weighted by Crippen LogP contribution is 2.14. The van der Waals surface area contributed by atoms with Crippen LogP contribution in [-0.4, -0.2) is 4.98 Å². The second kappa shape index (κ2) is 3.46. The molecule has 0 saturated heterocycles. The van der Waals surface area contributed by atoms with Gasteiger partial charge in [-0.3, -0.25) is 4.79 Å². The van der Waals surface area contributed by atoms with Crippen LogP contribution in [0.25, 0.3) is 11.1 Å². The van der Waals surface area contributed by atoms with Gasteiger partial charge in [-0.2, -0.15) is 0 Å². The van der Waals surface area contributed by atoms with Gasteiger partial charge >= 0.3 is 0 Å². The molecule has 0 spiro atoms. The average Bonchev–Trinajstić information content (AvgIpc) is 2.23. The van der Waals surface area contributed by atoms with Crippen LogP contribution in [0.4, 0.5) is 4.39 Å². The Balaban J connectivity index is 2.63. The van der Waals surface area contributed by atoms with Crippen molar-refractivity contribution in [3.63, 3.8) is 0 Å². The summed E-state index contributed by atoms with van der Waals surface area (Å²) in [6.45, 7) is 0. The highest BCUT2D eigenvalue weighted by Gasteiger charge is 2.03. The van der Waals surface area contributed by atoms with E-state index >= 15 is 0 Å². The fourth-order valence-corrected chi connectivity index (χ4v) is 1.29. The molecule has 0 unspecified atom stereocenters. The summed E-state index contributed by atoms with van der Waals surface area (Å²) in [5, 5.41) is 0. The van der Waals surface area contributed by atoms with Crippen molar-refractivity contribution in [2.45, 2.75) is 0 Å². The van der Waals surface area contributed by atoms with Crippen LogP contribution in [-0.2, 0) is 0 Å². The average molecular weight is 189 g/mol. The molecule has 0 radical (unpaired) electrons. The predicted molar refractivity (Wildman–Crippen MR) is 52.5 cm³/mol. The Morgan fingerprint density at radius 3 is 2.57 bits per heavy atom. The molecule has 0 saturated carbocycles. The normalized spacial score (nSPS) is 10.1. The van der Waals surface area contributed by atoms with Crippen LogP contribution in [0.15, 0.2) is 47.4 Å².